The molecule has 43 heavy (non-hydrogen) atoms. The van der Waals surface area contributed by atoms with Crippen molar-refractivity contribution in [1.29, 1.82) is 0 Å². The molecular weight excluding hydrogens is 608 g/mol. The smallest absolute Gasteiger partial charge is 0.274 e. The largest absolute Gasteiger partial charge is 0.379 e. The summed E-state index contributed by atoms with van der Waals surface area (Å²) in [5.41, 5.74) is -0.452. The molecule has 4 heterocycles. The molecule has 0 radical (unpaired) electrons. The van der Waals surface area contributed by atoms with E-state index in [1.807, 2.05) is 0 Å². The quantitative estimate of drug-likeness (QED) is 0.234. The summed E-state index contributed by atoms with van der Waals surface area (Å²) < 4.78 is 83.2. The van der Waals surface area contributed by atoms with E-state index in [4.69, 9.17) is 16.3 Å². The molecule has 2 fully saturated rings. The summed E-state index contributed by atoms with van der Waals surface area (Å²) in [6.45, 7) is 3.65. The maximum atomic E-state index is 16.3. The van der Waals surface area contributed by atoms with Crippen LogP contribution >= 0.6 is 11.6 Å². The Morgan fingerprint density at radius 2 is 1.77 bits per heavy atom. The van der Waals surface area contributed by atoms with Gasteiger partial charge in [-0.3, -0.25) is 19.3 Å². The zero-order valence-electron chi connectivity index (χ0n) is 23.0. The summed E-state index contributed by atoms with van der Waals surface area (Å²) >= 11 is 6.53. The van der Waals surface area contributed by atoms with E-state index in [9.17, 15) is 17.8 Å². The molecule has 1 unspecified atom stereocenters. The van der Waals surface area contributed by atoms with E-state index < -0.39 is 44.5 Å². The molecule has 1 aliphatic carbocycles. The van der Waals surface area contributed by atoms with Crippen molar-refractivity contribution in [2.45, 2.75) is 32.1 Å². The van der Waals surface area contributed by atoms with Crippen LogP contribution in [0.25, 0.3) is 16.9 Å². The molecule has 1 saturated carbocycles. The molecule has 2 atom stereocenters. The van der Waals surface area contributed by atoms with Gasteiger partial charge < -0.3 is 4.74 Å². The number of aromatic nitrogens is 3. The lowest BCUT2D eigenvalue weighted by atomic mass is 10.0. The summed E-state index contributed by atoms with van der Waals surface area (Å²) in [7, 11) is -2.74. The summed E-state index contributed by atoms with van der Waals surface area (Å²) in [4.78, 5) is 21.6. The Labute approximate surface area is 249 Å². The van der Waals surface area contributed by atoms with Crippen LogP contribution in [0.1, 0.15) is 40.8 Å². The summed E-state index contributed by atoms with van der Waals surface area (Å²) in [5.74, 6) is -3.82. The molecular formula is C30H25ClF4N4O3S. The molecule has 7 nitrogen and oxygen atoms in total. The number of nitrogens with zero attached hydrogens (tertiary/aromatic N) is 4. The van der Waals surface area contributed by atoms with Crippen LogP contribution in [0.5, 0.6) is 0 Å². The first-order valence-electron chi connectivity index (χ1n) is 13.5. The Morgan fingerprint density at radius 1 is 1.02 bits per heavy atom. The third-order valence-corrected chi connectivity index (χ3v) is 10.2. The van der Waals surface area contributed by atoms with Crippen LogP contribution < -0.4 is 5.56 Å². The molecule has 0 spiro atoms. The topological polar surface area (TPSA) is 86.4 Å². The van der Waals surface area contributed by atoms with Gasteiger partial charge >= 0.3 is 0 Å². The van der Waals surface area contributed by atoms with Gasteiger partial charge in [-0.15, -0.1) is 0 Å². The van der Waals surface area contributed by atoms with Gasteiger partial charge in [0.1, 0.15) is 28.0 Å². The molecule has 224 valence electrons. The Bertz CT molecular complexity index is 1960. The van der Waals surface area contributed by atoms with E-state index >= 15 is 8.78 Å². The van der Waals surface area contributed by atoms with E-state index in [0.29, 0.717) is 23.2 Å². The number of halogens is 5. The van der Waals surface area contributed by atoms with E-state index in [0.717, 1.165) is 16.8 Å². The predicted octanol–water partition coefficient (Wildman–Crippen LogP) is 6.52. The SMILES string of the molecule is Cc1cnc(-c2cccc(N=S3(=O)CCOCC3)c2F)c(F)c1-n1c(C)cc([C@@H]2CC2c2ncc(F)cc2F)c(Cl)c1=O. The fourth-order valence-electron chi connectivity index (χ4n) is 5.47. The zero-order chi connectivity index (χ0) is 30.6. The third kappa shape index (κ3) is 5.36. The number of rotatable bonds is 5. The summed E-state index contributed by atoms with van der Waals surface area (Å²) in [5, 5.41) is -0.176. The predicted molar refractivity (Wildman–Crippen MR) is 155 cm³/mol. The number of hydrogen-bond donors (Lipinski definition) is 0. The maximum absolute atomic E-state index is 16.3. The first-order valence-corrected chi connectivity index (χ1v) is 15.7. The molecule has 1 aliphatic heterocycles. The lowest BCUT2D eigenvalue weighted by Crippen LogP contribution is -2.25. The van der Waals surface area contributed by atoms with Crippen LogP contribution in [0.2, 0.25) is 5.02 Å². The van der Waals surface area contributed by atoms with E-state index in [-0.39, 0.29) is 64.0 Å². The minimum Gasteiger partial charge on any atom is -0.379 e. The van der Waals surface area contributed by atoms with Gasteiger partial charge in [0, 0.05) is 29.4 Å². The molecule has 4 aromatic rings. The van der Waals surface area contributed by atoms with Gasteiger partial charge in [0.2, 0.25) is 0 Å². The van der Waals surface area contributed by atoms with E-state index in [2.05, 4.69) is 14.3 Å². The van der Waals surface area contributed by atoms with Gasteiger partial charge in [-0.25, -0.2) is 21.8 Å². The van der Waals surface area contributed by atoms with Gasteiger partial charge in [0.05, 0.1) is 52.0 Å². The van der Waals surface area contributed by atoms with Crippen LogP contribution in [0, 0.1) is 37.1 Å². The standard InChI is InChI=1S/C30H25ClF4N4O3S/c1-15-13-36-28(18-4-3-5-23(25(18)34)38-43(41)8-6-42-7-9-43)26(35)29(15)39-16(2)10-20(24(31)30(39)40)19-12-21(19)27-22(33)11-17(32)14-37-27/h3-5,10-11,13-14,19,21H,6-9,12H2,1-2H3/t19-,21?/m0/s1. The first-order chi connectivity index (χ1) is 20.5. The van der Waals surface area contributed by atoms with Crippen molar-refractivity contribution in [2.75, 3.05) is 24.7 Å². The highest BCUT2D eigenvalue weighted by Gasteiger charge is 2.44. The maximum Gasteiger partial charge on any atom is 0.274 e. The third-order valence-electron chi connectivity index (χ3n) is 7.73. The average Bonchev–Trinajstić information content (AvgIpc) is 3.74. The molecule has 13 heteroatoms. The summed E-state index contributed by atoms with van der Waals surface area (Å²) in [6.07, 6.45) is 2.71. The van der Waals surface area contributed by atoms with Crippen molar-refractivity contribution < 1.29 is 26.5 Å². The van der Waals surface area contributed by atoms with Gasteiger partial charge in [0.15, 0.2) is 11.6 Å². The molecule has 6 rings (SSSR count). The molecule has 0 N–H and O–H groups in total. The van der Waals surface area contributed by atoms with Crippen molar-refractivity contribution in [2.24, 2.45) is 4.36 Å². The zero-order valence-corrected chi connectivity index (χ0v) is 24.6. The van der Waals surface area contributed by atoms with Gasteiger partial charge in [-0.05, 0) is 55.5 Å². The van der Waals surface area contributed by atoms with Crippen molar-refractivity contribution in [3.63, 3.8) is 0 Å². The number of hydrogen-bond acceptors (Lipinski definition) is 6. The lowest BCUT2D eigenvalue weighted by Gasteiger charge is -2.18. The lowest BCUT2D eigenvalue weighted by molar-refractivity contribution is 0.158. The second-order valence-electron chi connectivity index (χ2n) is 10.6. The fourth-order valence-corrected chi connectivity index (χ4v) is 7.40. The molecule has 1 saturated heterocycles. The molecule has 0 bridgehead atoms. The fraction of sp³-hybridized carbons (Fsp3) is 0.300. The van der Waals surface area contributed by atoms with Crippen LogP contribution in [-0.4, -0.2) is 43.5 Å². The Morgan fingerprint density at radius 3 is 2.49 bits per heavy atom. The van der Waals surface area contributed by atoms with Crippen molar-refractivity contribution in [3.05, 3.63) is 104 Å². The molecule has 2 aliphatic rings. The Balaban J connectivity index is 1.41. The highest BCUT2D eigenvalue weighted by atomic mass is 35.5. The van der Waals surface area contributed by atoms with Crippen LogP contribution in [0.4, 0.5) is 23.2 Å². The van der Waals surface area contributed by atoms with Crippen LogP contribution in [-0.2, 0) is 14.5 Å². The van der Waals surface area contributed by atoms with Crippen molar-refractivity contribution in [3.8, 4) is 16.9 Å². The Hall–Kier alpha value is -3.61. The van der Waals surface area contributed by atoms with Crippen molar-refractivity contribution >= 4 is 27.0 Å². The normalized spacial score (nSPS) is 19.3. The van der Waals surface area contributed by atoms with Gasteiger partial charge in [0.25, 0.3) is 5.56 Å². The van der Waals surface area contributed by atoms with Gasteiger partial charge in [-0.1, -0.05) is 17.7 Å². The number of pyridine rings is 3. The highest BCUT2D eigenvalue weighted by molar-refractivity contribution is 7.93. The summed E-state index contributed by atoms with van der Waals surface area (Å²) in [6, 6.07) is 6.54. The van der Waals surface area contributed by atoms with E-state index in [1.165, 1.54) is 24.4 Å². The second kappa shape index (κ2) is 11.1. The number of aryl methyl sites for hydroxylation is 2. The molecule has 0 amide bonds. The number of ether oxygens (including phenoxy) is 1. The second-order valence-corrected chi connectivity index (χ2v) is 13.6. The van der Waals surface area contributed by atoms with Crippen LogP contribution in [0.3, 0.4) is 0 Å². The van der Waals surface area contributed by atoms with Crippen molar-refractivity contribution in [1.82, 2.24) is 14.5 Å². The minimum atomic E-state index is -2.74. The first kappa shape index (κ1) is 29.5. The monoisotopic (exact) mass is 632 g/mol. The van der Waals surface area contributed by atoms with Gasteiger partial charge in [-0.2, -0.15) is 4.36 Å². The van der Waals surface area contributed by atoms with E-state index in [1.54, 1.807) is 19.9 Å². The molecule has 3 aromatic heterocycles. The molecule has 1 aromatic carbocycles. The highest BCUT2D eigenvalue weighted by Crippen LogP contribution is 2.56. The number of benzene rings is 1. The Kier molecular flexibility index (Phi) is 7.64. The average molecular weight is 633 g/mol. The van der Waals surface area contributed by atoms with Crippen LogP contribution in [0.15, 0.2) is 51.9 Å². The minimum absolute atomic E-state index is 0.0854.